The van der Waals surface area contributed by atoms with Gasteiger partial charge >= 0.3 is 5.97 Å². The Morgan fingerprint density at radius 3 is 1.92 bits per heavy atom. The summed E-state index contributed by atoms with van der Waals surface area (Å²) in [5.41, 5.74) is -3.68. The van der Waals surface area contributed by atoms with Crippen molar-refractivity contribution < 1.29 is 33.0 Å². The predicted molar refractivity (Wildman–Crippen MR) is 82.4 cm³/mol. The van der Waals surface area contributed by atoms with E-state index in [9.17, 15) is 33.0 Å². The third-order valence-corrected chi connectivity index (χ3v) is 3.95. The molecule has 0 aliphatic carbocycles. The van der Waals surface area contributed by atoms with Gasteiger partial charge < -0.3 is 10.2 Å². The van der Waals surface area contributed by atoms with Crippen LogP contribution in [0.15, 0.2) is 36.4 Å². The number of aliphatic carboxylic acids is 1. The molecule has 2 aromatic carbocycles. The molecule has 7 heteroatoms. The summed E-state index contributed by atoms with van der Waals surface area (Å²) in [6.07, 6.45) is 0. The highest BCUT2D eigenvalue weighted by molar-refractivity contribution is 5.94. The number of benzene rings is 2. The van der Waals surface area contributed by atoms with Crippen LogP contribution in [0.5, 0.6) is 0 Å². The molecule has 0 spiro atoms. The van der Waals surface area contributed by atoms with Gasteiger partial charge in [0.25, 0.3) is 0 Å². The summed E-state index contributed by atoms with van der Waals surface area (Å²) in [7, 11) is 0. The maximum Gasteiger partial charge on any atom is 0.341 e. The first-order valence-electron chi connectivity index (χ1n) is 7.26. The van der Waals surface area contributed by atoms with Gasteiger partial charge in [-0.3, -0.25) is 4.79 Å². The topological polar surface area (TPSA) is 74.6 Å². The molecule has 2 aromatic rings. The third-order valence-electron chi connectivity index (χ3n) is 3.95. The molecule has 0 aliphatic rings. The van der Waals surface area contributed by atoms with Crippen molar-refractivity contribution in [1.82, 2.24) is 0 Å². The van der Waals surface area contributed by atoms with Gasteiger partial charge in [-0.1, -0.05) is 29.8 Å². The van der Waals surface area contributed by atoms with Gasteiger partial charge in [-0.15, -0.1) is 0 Å². The van der Waals surface area contributed by atoms with Gasteiger partial charge in [-0.25, -0.2) is 18.0 Å². The number of carbonyl (C=O) groups is 2. The van der Waals surface area contributed by atoms with Gasteiger partial charge in [-0.2, -0.15) is 0 Å². The zero-order valence-electron chi connectivity index (χ0n) is 13.4. The van der Waals surface area contributed by atoms with Crippen LogP contribution >= 0.6 is 0 Å². The molecule has 0 aromatic heterocycles. The van der Waals surface area contributed by atoms with Crippen molar-refractivity contribution in [3.8, 4) is 0 Å². The van der Waals surface area contributed by atoms with E-state index in [-0.39, 0.29) is 17.7 Å². The molecule has 0 saturated heterocycles. The Hall–Kier alpha value is -2.67. The molecule has 0 amide bonds. The SMILES string of the molecule is CC(=O)C(c1ccc(C)cc1)C(O)(C(=O)O)c1c(F)cc(F)cc1F. The summed E-state index contributed by atoms with van der Waals surface area (Å²) < 4.78 is 41.5. The molecule has 0 bridgehead atoms. The molecule has 4 nitrogen and oxygen atoms in total. The number of hydrogen-bond acceptors (Lipinski definition) is 3. The molecule has 2 rings (SSSR count). The molecule has 25 heavy (non-hydrogen) atoms. The number of carboxylic acids is 1. The van der Waals surface area contributed by atoms with Crippen molar-refractivity contribution in [3.05, 3.63) is 70.5 Å². The molecule has 0 heterocycles. The van der Waals surface area contributed by atoms with Crippen LogP contribution in [0.25, 0.3) is 0 Å². The first-order valence-corrected chi connectivity index (χ1v) is 7.26. The number of hydrogen-bond donors (Lipinski definition) is 2. The average molecular weight is 352 g/mol. The summed E-state index contributed by atoms with van der Waals surface area (Å²) in [6.45, 7) is 2.74. The van der Waals surface area contributed by atoms with Crippen LogP contribution in [0.4, 0.5) is 13.2 Å². The van der Waals surface area contributed by atoms with Crippen molar-refractivity contribution in [2.75, 3.05) is 0 Å². The highest BCUT2D eigenvalue weighted by Gasteiger charge is 2.52. The highest BCUT2D eigenvalue weighted by Crippen LogP contribution is 2.41. The molecule has 0 aliphatic heterocycles. The van der Waals surface area contributed by atoms with Crippen LogP contribution in [0.1, 0.15) is 29.5 Å². The largest absolute Gasteiger partial charge is 0.479 e. The van der Waals surface area contributed by atoms with Gasteiger partial charge in [0.1, 0.15) is 23.2 Å². The summed E-state index contributed by atoms with van der Waals surface area (Å²) >= 11 is 0. The van der Waals surface area contributed by atoms with Crippen molar-refractivity contribution >= 4 is 11.8 Å². The predicted octanol–water partition coefficient (Wildman–Crippen LogP) is 3.06. The van der Waals surface area contributed by atoms with E-state index in [4.69, 9.17) is 0 Å². The standard InChI is InChI=1S/C18H15F3O4/c1-9-3-5-11(6-4-9)15(10(2)22)18(25,17(23)24)16-13(20)7-12(19)8-14(16)21/h3-8,15,25H,1-2H3,(H,23,24). The minimum absolute atomic E-state index is 0.0612. The van der Waals surface area contributed by atoms with Gasteiger partial charge in [-0.05, 0) is 19.4 Å². The lowest BCUT2D eigenvalue weighted by Gasteiger charge is -2.32. The molecular formula is C18H15F3O4. The molecular weight excluding hydrogens is 337 g/mol. The number of carboxylic acid groups (broad SMARTS) is 1. The van der Waals surface area contributed by atoms with E-state index in [2.05, 4.69) is 0 Å². The van der Waals surface area contributed by atoms with E-state index in [0.29, 0.717) is 0 Å². The number of Topliss-reactive ketones (excluding diaryl/α,β-unsaturated/α-hetero) is 1. The minimum atomic E-state index is -3.25. The number of carbonyl (C=O) groups excluding carboxylic acids is 1. The van der Waals surface area contributed by atoms with Crippen molar-refractivity contribution in [2.45, 2.75) is 25.4 Å². The molecule has 2 unspecified atom stereocenters. The van der Waals surface area contributed by atoms with Gasteiger partial charge in [0.05, 0.1) is 11.5 Å². The van der Waals surface area contributed by atoms with Crippen LogP contribution in [-0.2, 0) is 15.2 Å². The van der Waals surface area contributed by atoms with Crippen molar-refractivity contribution in [3.63, 3.8) is 0 Å². The lowest BCUT2D eigenvalue weighted by molar-refractivity contribution is -0.165. The van der Waals surface area contributed by atoms with E-state index in [1.807, 2.05) is 0 Å². The Labute approximate surface area is 141 Å². The van der Waals surface area contributed by atoms with Gasteiger partial charge in [0.2, 0.25) is 5.60 Å². The lowest BCUT2D eigenvalue weighted by Crippen LogP contribution is -2.46. The Kier molecular flexibility index (Phi) is 4.99. The maximum atomic E-state index is 14.2. The number of halogens is 3. The van der Waals surface area contributed by atoms with E-state index in [1.165, 1.54) is 12.1 Å². The van der Waals surface area contributed by atoms with Crippen LogP contribution in [0.3, 0.4) is 0 Å². The average Bonchev–Trinajstić information content (AvgIpc) is 2.47. The zero-order chi connectivity index (χ0) is 18.9. The number of rotatable bonds is 5. The van der Waals surface area contributed by atoms with Crippen molar-refractivity contribution in [2.24, 2.45) is 0 Å². The summed E-state index contributed by atoms with van der Waals surface area (Å²) in [5.74, 6) is -9.11. The highest BCUT2D eigenvalue weighted by atomic mass is 19.1. The minimum Gasteiger partial charge on any atom is -0.479 e. The third kappa shape index (κ3) is 3.28. The molecule has 0 radical (unpaired) electrons. The molecule has 132 valence electrons. The number of aryl methyl sites for hydroxylation is 1. The molecule has 2 atom stereocenters. The quantitative estimate of drug-likeness (QED) is 0.867. The maximum absolute atomic E-state index is 14.2. The van der Waals surface area contributed by atoms with Crippen LogP contribution in [0.2, 0.25) is 0 Å². The van der Waals surface area contributed by atoms with Gasteiger partial charge in [0, 0.05) is 12.1 Å². The second-order valence-electron chi connectivity index (χ2n) is 5.77. The lowest BCUT2D eigenvalue weighted by atomic mass is 9.74. The zero-order valence-corrected chi connectivity index (χ0v) is 13.4. The summed E-state index contributed by atoms with van der Waals surface area (Å²) in [5, 5.41) is 20.3. The fourth-order valence-electron chi connectivity index (χ4n) is 2.81. The van der Waals surface area contributed by atoms with E-state index in [1.54, 1.807) is 19.1 Å². The van der Waals surface area contributed by atoms with E-state index in [0.717, 1.165) is 12.5 Å². The number of aliphatic hydroxyl groups is 1. The van der Waals surface area contributed by atoms with Crippen LogP contribution in [0, 0.1) is 24.4 Å². The summed E-state index contributed by atoms with van der Waals surface area (Å²) in [6, 6.07) is 6.39. The molecule has 2 N–H and O–H groups in total. The molecule has 0 fully saturated rings. The fraction of sp³-hybridized carbons (Fsp3) is 0.222. The summed E-state index contributed by atoms with van der Waals surface area (Å²) in [4.78, 5) is 23.9. The van der Waals surface area contributed by atoms with E-state index < -0.39 is 46.3 Å². The Bertz CT molecular complexity index is 810. The fourth-order valence-corrected chi connectivity index (χ4v) is 2.81. The van der Waals surface area contributed by atoms with Crippen LogP contribution in [-0.4, -0.2) is 22.0 Å². The second kappa shape index (κ2) is 6.68. The Balaban J connectivity index is 2.79. The Morgan fingerprint density at radius 2 is 1.52 bits per heavy atom. The first-order chi connectivity index (χ1) is 11.6. The van der Waals surface area contributed by atoms with Gasteiger partial charge in [0.15, 0.2) is 0 Å². The van der Waals surface area contributed by atoms with Crippen LogP contribution < -0.4 is 0 Å². The second-order valence-corrected chi connectivity index (χ2v) is 5.77. The van der Waals surface area contributed by atoms with Crippen molar-refractivity contribution in [1.29, 1.82) is 0 Å². The Morgan fingerprint density at radius 1 is 1.04 bits per heavy atom. The first kappa shape index (κ1) is 18.7. The number of ketones is 1. The normalized spacial score (nSPS) is 14.6. The smallest absolute Gasteiger partial charge is 0.341 e. The monoisotopic (exact) mass is 352 g/mol. The molecule has 0 saturated carbocycles. The van der Waals surface area contributed by atoms with E-state index >= 15 is 0 Å².